The second-order valence-corrected chi connectivity index (χ2v) is 8.07. The van der Waals surface area contributed by atoms with E-state index in [9.17, 15) is 15.2 Å². The fourth-order valence-corrected chi connectivity index (χ4v) is 4.39. The van der Waals surface area contributed by atoms with Gasteiger partial charge in [0.25, 0.3) is 0 Å². The summed E-state index contributed by atoms with van der Waals surface area (Å²) in [5.41, 5.74) is 3.53. The molecule has 1 saturated carbocycles. The number of nitro benzene ring substituents is 1. The van der Waals surface area contributed by atoms with Crippen LogP contribution in [-0.2, 0) is 0 Å². The van der Waals surface area contributed by atoms with Gasteiger partial charge in [0, 0.05) is 23.2 Å². The molecule has 3 aromatic rings. The van der Waals surface area contributed by atoms with Gasteiger partial charge >= 0.3 is 5.69 Å². The lowest BCUT2D eigenvalue weighted by molar-refractivity contribution is -0.385. The van der Waals surface area contributed by atoms with Crippen LogP contribution in [0.2, 0.25) is 0 Å². The number of aliphatic imine (C=N–C) groups is 1. The van der Waals surface area contributed by atoms with Gasteiger partial charge in [0.2, 0.25) is 5.13 Å². The van der Waals surface area contributed by atoms with Crippen molar-refractivity contribution in [1.82, 2.24) is 4.98 Å². The van der Waals surface area contributed by atoms with Gasteiger partial charge in [-0.05, 0) is 42.0 Å². The number of phenols is 1. The van der Waals surface area contributed by atoms with Gasteiger partial charge in [0.05, 0.1) is 10.6 Å². The molecule has 7 heteroatoms. The first-order chi connectivity index (χ1) is 14.1. The highest BCUT2D eigenvalue weighted by atomic mass is 32.1. The first kappa shape index (κ1) is 19.3. The Hall–Kier alpha value is -3.06. The normalized spacial score (nSPS) is 15.0. The first-order valence-corrected chi connectivity index (χ1v) is 10.6. The quantitative estimate of drug-likeness (QED) is 0.309. The maximum atomic E-state index is 10.9. The van der Waals surface area contributed by atoms with Crippen LogP contribution in [-0.4, -0.2) is 21.2 Å². The summed E-state index contributed by atoms with van der Waals surface area (Å²) in [6, 6.07) is 12.8. The van der Waals surface area contributed by atoms with Gasteiger partial charge < -0.3 is 5.11 Å². The van der Waals surface area contributed by atoms with E-state index in [1.165, 1.54) is 67.4 Å². The highest BCUT2D eigenvalue weighted by molar-refractivity contribution is 7.13. The van der Waals surface area contributed by atoms with Crippen molar-refractivity contribution in [1.29, 1.82) is 0 Å². The van der Waals surface area contributed by atoms with Crippen LogP contribution >= 0.6 is 11.3 Å². The molecular formula is C22H21N3O3S. The molecule has 0 aliphatic heterocycles. The zero-order valence-corrected chi connectivity index (χ0v) is 16.6. The van der Waals surface area contributed by atoms with Crippen LogP contribution < -0.4 is 0 Å². The lowest BCUT2D eigenvalue weighted by atomic mass is 9.84. The average Bonchev–Trinajstić information content (AvgIpc) is 3.23. The fourth-order valence-electron chi connectivity index (χ4n) is 3.71. The van der Waals surface area contributed by atoms with E-state index < -0.39 is 4.92 Å². The zero-order chi connectivity index (χ0) is 20.2. The molecule has 2 aromatic carbocycles. The van der Waals surface area contributed by atoms with Crippen molar-refractivity contribution in [3.63, 3.8) is 0 Å². The third kappa shape index (κ3) is 4.51. The van der Waals surface area contributed by atoms with Crippen LogP contribution in [0.25, 0.3) is 11.3 Å². The molecule has 0 saturated heterocycles. The number of phenolic OH excluding ortho intramolecular Hbond substituents is 1. The Bertz CT molecular complexity index is 1040. The van der Waals surface area contributed by atoms with Gasteiger partial charge in [-0.2, -0.15) is 0 Å². The molecule has 0 spiro atoms. The maximum Gasteiger partial charge on any atom is 0.311 e. The molecule has 0 radical (unpaired) electrons. The van der Waals surface area contributed by atoms with Crippen molar-refractivity contribution in [2.45, 2.75) is 38.0 Å². The predicted octanol–water partition coefficient (Wildman–Crippen LogP) is 6.22. The van der Waals surface area contributed by atoms with Gasteiger partial charge in [-0.25, -0.2) is 9.98 Å². The molecule has 1 N–H and O–H groups in total. The Morgan fingerprint density at radius 2 is 1.90 bits per heavy atom. The van der Waals surface area contributed by atoms with E-state index in [4.69, 9.17) is 0 Å². The van der Waals surface area contributed by atoms with E-state index in [0.717, 1.165) is 11.3 Å². The highest BCUT2D eigenvalue weighted by Gasteiger charge is 2.16. The standard InChI is InChI=1S/C22H21N3O3S/c26-21-11-6-15(12-20(21)25(27)28)13-23-22-24-19(14-29-22)18-9-7-17(8-10-18)16-4-2-1-3-5-16/h6-14,16,26H,1-5H2. The second kappa shape index (κ2) is 8.53. The Morgan fingerprint density at radius 3 is 2.62 bits per heavy atom. The summed E-state index contributed by atoms with van der Waals surface area (Å²) >= 11 is 1.42. The van der Waals surface area contributed by atoms with Crippen LogP contribution in [0.1, 0.15) is 49.1 Å². The number of aromatic nitrogens is 1. The van der Waals surface area contributed by atoms with Gasteiger partial charge in [-0.3, -0.25) is 10.1 Å². The molecule has 1 fully saturated rings. The van der Waals surface area contributed by atoms with Crippen molar-refractivity contribution in [3.05, 3.63) is 69.1 Å². The van der Waals surface area contributed by atoms with Gasteiger partial charge in [-0.1, -0.05) is 43.5 Å². The summed E-state index contributed by atoms with van der Waals surface area (Å²) in [6.07, 6.45) is 8.08. The fraction of sp³-hybridized carbons (Fsp3) is 0.273. The van der Waals surface area contributed by atoms with Gasteiger partial charge in [0.15, 0.2) is 5.75 Å². The largest absolute Gasteiger partial charge is 0.502 e. The van der Waals surface area contributed by atoms with Crippen LogP contribution in [0.15, 0.2) is 52.8 Å². The number of nitrogens with zero attached hydrogens (tertiary/aromatic N) is 3. The van der Waals surface area contributed by atoms with E-state index in [1.54, 1.807) is 6.07 Å². The molecule has 0 unspecified atom stereocenters. The Balaban J connectivity index is 1.47. The number of thiazole rings is 1. The lowest BCUT2D eigenvalue weighted by Gasteiger charge is -2.22. The van der Waals surface area contributed by atoms with E-state index >= 15 is 0 Å². The maximum absolute atomic E-state index is 10.9. The van der Waals surface area contributed by atoms with Crippen molar-refractivity contribution in [2.75, 3.05) is 0 Å². The molecule has 29 heavy (non-hydrogen) atoms. The van der Waals surface area contributed by atoms with E-state index in [-0.39, 0.29) is 11.4 Å². The summed E-state index contributed by atoms with van der Waals surface area (Å²) in [6.45, 7) is 0. The lowest BCUT2D eigenvalue weighted by Crippen LogP contribution is -2.04. The summed E-state index contributed by atoms with van der Waals surface area (Å²) in [7, 11) is 0. The van der Waals surface area contributed by atoms with Crippen LogP contribution in [0.4, 0.5) is 10.8 Å². The van der Waals surface area contributed by atoms with E-state index in [2.05, 4.69) is 34.2 Å². The molecule has 1 aliphatic rings. The number of aromatic hydroxyl groups is 1. The van der Waals surface area contributed by atoms with Gasteiger partial charge in [-0.15, -0.1) is 11.3 Å². The highest BCUT2D eigenvalue weighted by Crippen LogP contribution is 2.34. The SMILES string of the molecule is O=[N+]([O-])c1cc(C=Nc2nc(-c3ccc(C4CCCCC4)cc3)cs2)ccc1O. The molecule has 4 rings (SSSR count). The minimum absolute atomic E-state index is 0.341. The number of nitro groups is 1. The molecule has 1 heterocycles. The van der Waals surface area contributed by atoms with Crippen molar-refractivity contribution >= 4 is 28.4 Å². The predicted molar refractivity (Wildman–Crippen MR) is 115 cm³/mol. The van der Waals surface area contributed by atoms with E-state index in [0.29, 0.717) is 16.6 Å². The van der Waals surface area contributed by atoms with E-state index in [1.807, 2.05) is 5.38 Å². The Morgan fingerprint density at radius 1 is 1.14 bits per heavy atom. The topological polar surface area (TPSA) is 88.6 Å². The number of hydrogen-bond acceptors (Lipinski definition) is 6. The summed E-state index contributed by atoms with van der Waals surface area (Å²) in [4.78, 5) is 19.2. The minimum Gasteiger partial charge on any atom is -0.502 e. The number of benzene rings is 2. The zero-order valence-electron chi connectivity index (χ0n) is 15.8. The smallest absolute Gasteiger partial charge is 0.311 e. The minimum atomic E-state index is -0.620. The molecule has 0 bridgehead atoms. The monoisotopic (exact) mass is 407 g/mol. The number of hydrogen-bond donors (Lipinski definition) is 1. The number of rotatable bonds is 5. The average molecular weight is 407 g/mol. The third-order valence-electron chi connectivity index (χ3n) is 5.30. The molecule has 0 atom stereocenters. The first-order valence-electron chi connectivity index (χ1n) is 9.67. The van der Waals surface area contributed by atoms with Crippen molar-refractivity contribution in [2.24, 2.45) is 4.99 Å². The molecule has 6 nitrogen and oxygen atoms in total. The molecule has 1 aromatic heterocycles. The third-order valence-corrected chi connectivity index (χ3v) is 6.04. The Kier molecular flexibility index (Phi) is 5.67. The van der Waals surface area contributed by atoms with Crippen molar-refractivity contribution in [3.8, 4) is 17.0 Å². The van der Waals surface area contributed by atoms with Crippen LogP contribution in [0.5, 0.6) is 5.75 Å². The molecular weight excluding hydrogens is 386 g/mol. The molecule has 148 valence electrons. The summed E-state index contributed by atoms with van der Waals surface area (Å²) in [5, 5.41) is 23.0. The summed E-state index contributed by atoms with van der Waals surface area (Å²) in [5.74, 6) is 0.322. The van der Waals surface area contributed by atoms with Crippen molar-refractivity contribution < 1.29 is 10.0 Å². The second-order valence-electron chi connectivity index (χ2n) is 7.24. The van der Waals surface area contributed by atoms with Crippen LogP contribution in [0, 0.1) is 10.1 Å². The summed E-state index contributed by atoms with van der Waals surface area (Å²) < 4.78 is 0. The molecule has 0 amide bonds. The van der Waals surface area contributed by atoms with Gasteiger partial charge in [0.1, 0.15) is 0 Å². The Labute approximate surface area is 172 Å². The van der Waals surface area contributed by atoms with Crippen LogP contribution in [0.3, 0.4) is 0 Å². The molecule has 1 aliphatic carbocycles.